The average molecular weight is 371 g/mol. The maximum Gasteiger partial charge on any atom is 0.275 e. The van der Waals surface area contributed by atoms with Crippen LogP contribution in [0.4, 0.5) is 5.69 Å². The molecule has 0 aromatic heterocycles. The van der Waals surface area contributed by atoms with Crippen LogP contribution < -0.4 is 20.2 Å². The maximum atomic E-state index is 12.2. The van der Waals surface area contributed by atoms with Crippen LogP contribution in [0, 0.1) is 0 Å². The molecule has 0 unspecified atom stereocenters. The van der Waals surface area contributed by atoms with Crippen LogP contribution in [0.2, 0.25) is 0 Å². The lowest BCUT2D eigenvalue weighted by atomic mass is 10.2. The van der Waals surface area contributed by atoms with Crippen molar-refractivity contribution in [1.29, 1.82) is 0 Å². The number of ether oxygens (including phenoxy) is 2. The van der Waals surface area contributed by atoms with Gasteiger partial charge in [-0.2, -0.15) is 5.10 Å². The number of phenolic OH excluding ortho intramolecular Hbond substituents is 1. The Kier molecular flexibility index (Phi) is 6.76. The molecule has 8 heteroatoms. The molecule has 0 bridgehead atoms. The van der Waals surface area contributed by atoms with Crippen molar-refractivity contribution in [3.8, 4) is 17.2 Å². The summed E-state index contributed by atoms with van der Waals surface area (Å²) in [4.78, 5) is 24.2. The second kappa shape index (κ2) is 9.23. The molecule has 2 rings (SSSR count). The lowest BCUT2D eigenvalue weighted by molar-refractivity contribution is -0.115. The van der Waals surface area contributed by atoms with Crippen LogP contribution in [0.3, 0.4) is 0 Å². The molecule has 0 fully saturated rings. The van der Waals surface area contributed by atoms with Crippen molar-refractivity contribution >= 4 is 23.2 Å². The Morgan fingerprint density at radius 2 is 1.85 bits per heavy atom. The Morgan fingerprint density at radius 1 is 1.11 bits per heavy atom. The van der Waals surface area contributed by atoms with Gasteiger partial charge in [-0.05, 0) is 31.2 Å². The molecule has 27 heavy (non-hydrogen) atoms. The number of hydrogen-bond acceptors (Lipinski definition) is 6. The number of carbonyl (C=O) groups is 2. The van der Waals surface area contributed by atoms with Crippen molar-refractivity contribution in [2.75, 3.05) is 19.5 Å². The first-order valence-corrected chi connectivity index (χ1v) is 8.08. The standard InChI is InChI=1S/C19H21N3O5/c1-12(21-22-19(25)14-6-4-5-7-16(14)23)10-18(24)20-15-11-13(26-2)8-9-17(15)27-3/h4-9,11,23H,10H2,1-3H3,(H,20,24)(H,22,25)/b21-12-. The summed E-state index contributed by atoms with van der Waals surface area (Å²) in [5.41, 5.74) is 3.26. The molecule has 8 nitrogen and oxygen atoms in total. The van der Waals surface area contributed by atoms with E-state index in [0.717, 1.165) is 0 Å². The molecular weight excluding hydrogens is 350 g/mol. The summed E-state index contributed by atoms with van der Waals surface area (Å²) in [5.74, 6) is 0.0191. The minimum atomic E-state index is -0.567. The van der Waals surface area contributed by atoms with Gasteiger partial charge in [-0.15, -0.1) is 0 Å². The average Bonchev–Trinajstić information content (AvgIpc) is 2.66. The summed E-state index contributed by atoms with van der Waals surface area (Å²) in [7, 11) is 3.02. The zero-order chi connectivity index (χ0) is 19.8. The summed E-state index contributed by atoms with van der Waals surface area (Å²) >= 11 is 0. The van der Waals surface area contributed by atoms with Crippen molar-refractivity contribution < 1.29 is 24.2 Å². The number of methoxy groups -OCH3 is 2. The highest BCUT2D eigenvalue weighted by molar-refractivity contribution is 6.06. The van der Waals surface area contributed by atoms with Crippen molar-refractivity contribution in [3.05, 3.63) is 48.0 Å². The van der Waals surface area contributed by atoms with Crippen molar-refractivity contribution in [3.63, 3.8) is 0 Å². The highest BCUT2D eigenvalue weighted by Gasteiger charge is 2.12. The number of phenols is 1. The second-order valence-corrected chi connectivity index (χ2v) is 5.60. The first kappa shape index (κ1) is 19.8. The first-order valence-electron chi connectivity index (χ1n) is 8.08. The zero-order valence-corrected chi connectivity index (χ0v) is 15.3. The highest BCUT2D eigenvalue weighted by Crippen LogP contribution is 2.28. The van der Waals surface area contributed by atoms with Gasteiger partial charge in [0, 0.05) is 11.8 Å². The number of hydrazone groups is 1. The Hall–Kier alpha value is -3.55. The van der Waals surface area contributed by atoms with E-state index >= 15 is 0 Å². The van der Waals surface area contributed by atoms with Gasteiger partial charge in [0.1, 0.15) is 17.2 Å². The number of carbonyl (C=O) groups excluding carboxylic acids is 2. The molecule has 0 aliphatic carbocycles. The largest absolute Gasteiger partial charge is 0.507 e. The molecule has 0 spiro atoms. The fourth-order valence-electron chi connectivity index (χ4n) is 2.25. The van der Waals surface area contributed by atoms with Gasteiger partial charge in [0.05, 0.1) is 31.9 Å². The Balaban J connectivity index is 1.98. The summed E-state index contributed by atoms with van der Waals surface area (Å²) in [6.45, 7) is 1.60. The van der Waals surface area contributed by atoms with Crippen LogP contribution >= 0.6 is 0 Å². The quantitative estimate of drug-likeness (QED) is 0.512. The molecule has 0 saturated heterocycles. The molecule has 0 atom stereocenters. The summed E-state index contributed by atoms with van der Waals surface area (Å²) < 4.78 is 10.3. The van der Waals surface area contributed by atoms with E-state index in [0.29, 0.717) is 22.9 Å². The van der Waals surface area contributed by atoms with Gasteiger partial charge in [0.25, 0.3) is 5.91 Å². The summed E-state index contributed by atoms with van der Waals surface area (Å²) in [6.07, 6.45) is -0.0403. The first-order chi connectivity index (χ1) is 12.9. The number of nitrogens with zero attached hydrogens (tertiary/aromatic N) is 1. The molecule has 0 radical (unpaired) electrons. The Bertz CT molecular complexity index is 864. The number of aromatic hydroxyl groups is 1. The number of benzene rings is 2. The minimum absolute atomic E-state index is 0.0403. The normalized spacial score (nSPS) is 10.9. The molecule has 0 aliphatic rings. The molecular formula is C19H21N3O5. The molecule has 0 heterocycles. The Labute approximate surface area is 156 Å². The number of para-hydroxylation sites is 1. The van der Waals surface area contributed by atoms with Crippen molar-refractivity contribution in [1.82, 2.24) is 5.43 Å². The van der Waals surface area contributed by atoms with E-state index < -0.39 is 5.91 Å². The van der Waals surface area contributed by atoms with E-state index in [1.54, 1.807) is 37.3 Å². The van der Waals surface area contributed by atoms with Gasteiger partial charge in [-0.1, -0.05) is 12.1 Å². The molecule has 0 aliphatic heterocycles. The lowest BCUT2D eigenvalue weighted by Crippen LogP contribution is -2.21. The SMILES string of the molecule is COc1ccc(OC)c(NC(=O)C/C(C)=N\NC(=O)c2ccccc2O)c1. The molecule has 3 N–H and O–H groups in total. The number of nitrogens with one attached hydrogen (secondary N) is 2. The van der Waals surface area contributed by atoms with Crippen LogP contribution in [0.25, 0.3) is 0 Å². The number of anilines is 1. The van der Waals surface area contributed by atoms with E-state index in [1.807, 2.05) is 0 Å². The lowest BCUT2D eigenvalue weighted by Gasteiger charge is -2.11. The van der Waals surface area contributed by atoms with Gasteiger partial charge in [-0.3, -0.25) is 9.59 Å². The van der Waals surface area contributed by atoms with E-state index in [-0.39, 0.29) is 23.6 Å². The van der Waals surface area contributed by atoms with Crippen molar-refractivity contribution in [2.45, 2.75) is 13.3 Å². The van der Waals surface area contributed by atoms with Gasteiger partial charge < -0.3 is 19.9 Å². The zero-order valence-electron chi connectivity index (χ0n) is 15.3. The number of rotatable bonds is 7. The van der Waals surface area contributed by atoms with Crippen LogP contribution in [-0.4, -0.2) is 36.9 Å². The monoisotopic (exact) mass is 371 g/mol. The molecule has 142 valence electrons. The van der Waals surface area contributed by atoms with Crippen LogP contribution in [-0.2, 0) is 4.79 Å². The summed E-state index contributed by atoms with van der Waals surface area (Å²) in [5, 5.41) is 16.3. The second-order valence-electron chi connectivity index (χ2n) is 5.60. The summed E-state index contributed by atoms with van der Waals surface area (Å²) in [6, 6.07) is 11.1. The van der Waals surface area contributed by atoms with Crippen LogP contribution in [0.5, 0.6) is 17.2 Å². The molecule has 0 saturated carbocycles. The van der Waals surface area contributed by atoms with Crippen molar-refractivity contribution in [2.24, 2.45) is 5.10 Å². The van der Waals surface area contributed by atoms with Crippen LogP contribution in [0.1, 0.15) is 23.7 Å². The predicted molar refractivity (Wildman–Crippen MR) is 101 cm³/mol. The third-order valence-electron chi connectivity index (χ3n) is 3.59. The molecule has 2 aromatic rings. The van der Waals surface area contributed by atoms with E-state index in [1.165, 1.54) is 26.4 Å². The number of hydrogen-bond donors (Lipinski definition) is 3. The topological polar surface area (TPSA) is 109 Å². The smallest absolute Gasteiger partial charge is 0.275 e. The fraction of sp³-hybridized carbons (Fsp3) is 0.211. The third kappa shape index (κ3) is 5.46. The van der Waals surface area contributed by atoms with Gasteiger partial charge in [0.15, 0.2) is 0 Å². The minimum Gasteiger partial charge on any atom is -0.507 e. The van der Waals surface area contributed by atoms with Gasteiger partial charge in [-0.25, -0.2) is 5.43 Å². The van der Waals surface area contributed by atoms with Gasteiger partial charge in [0.2, 0.25) is 5.91 Å². The van der Waals surface area contributed by atoms with Crippen LogP contribution in [0.15, 0.2) is 47.6 Å². The van der Waals surface area contributed by atoms with Gasteiger partial charge >= 0.3 is 0 Å². The molecule has 2 aromatic carbocycles. The molecule has 2 amide bonds. The van der Waals surface area contributed by atoms with E-state index in [4.69, 9.17) is 9.47 Å². The predicted octanol–water partition coefficient (Wildman–Crippen LogP) is 2.54. The van der Waals surface area contributed by atoms with E-state index in [2.05, 4.69) is 15.8 Å². The number of amides is 2. The maximum absolute atomic E-state index is 12.2. The fourth-order valence-corrected chi connectivity index (χ4v) is 2.25. The highest BCUT2D eigenvalue weighted by atomic mass is 16.5. The van der Waals surface area contributed by atoms with E-state index in [9.17, 15) is 14.7 Å². The third-order valence-corrected chi connectivity index (χ3v) is 3.59. The Morgan fingerprint density at radius 3 is 2.52 bits per heavy atom.